The van der Waals surface area contributed by atoms with Crippen molar-refractivity contribution in [3.05, 3.63) is 43.8 Å². The third-order valence-corrected chi connectivity index (χ3v) is 6.21. The van der Waals surface area contributed by atoms with Crippen molar-refractivity contribution >= 4 is 17.2 Å². The van der Waals surface area contributed by atoms with Crippen LogP contribution < -0.4 is 10.9 Å². The van der Waals surface area contributed by atoms with Crippen molar-refractivity contribution in [1.82, 2.24) is 34.8 Å². The Bertz CT molecular complexity index is 1140. The molecule has 4 rings (SSSR count). The van der Waals surface area contributed by atoms with Gasteiger partial charge in [0.25, 0.3) is 11.5 Å². The fourth-order valence-corrected chi connectivity index (χ4v) is 4.47. The van der Waals surface area contributed by atoms with Crippen LogP contribution in [0.2, 0.25) is 0 Å². The van der Waals surface area contributed by atoms with Gasteiger partial charge in [-0.25, -0.2) is 9.67 Å². The summed E-state index contributed by atoms with van der Waals surface area (Å²) in [5.41, 5.74) is 2.42. The first-order chi connectivity index (χ1) is 13.4. The van der Waals surface area contributed by atoms with Crippen molar-refractivity contribution in [3.8, 4) is 10.6 Å². The normalized spacial score (nSPS) is 13.0. The molecule has 0 bridgehead atoms. The van der Waals surface area contributed by atoms with E-state index in [1.165, 1.54) is 16.0 Å². The number of rotatable bonds is 4. The fraction of sp³-hybridized carbons (Fsp3) is 0.444. The van der Waals surface area contributed by atoms with E-state index in [2.05, 4.69) is 30.2 Å². The van der Waals surface area contributed by atoms with Crippen LogP contribution in [0.25, 0.3) is 10.6 Å². The molecule has 0 unspecified atom stereocenters. The van der Waals surface area contributed by atoms with E-state index in [1.807, 2.05) is 13.8 Å². The number of amides is 1. The van der Waals surface area contributed by atoms with Gasteiger partial charge in [-0.2, -0.15) is 5.10 Å². The van der Waals surface area contributed by atoms with Crippen molar-refractivity contribution in [2.75, 3.05) is 0 Å². The molecule has 146 valence electrons. The molecule has 0 aliphatic carbocycles. The summed E-state index contributed by atoms with van der Waals surface area (Å²) in [4.78, 5) is 30.3. The van der Waals surface area contributed by atoms with Crippen LogP contribution in [0.4, 0.5) is 0 Å². The van der Waals surface area contributed by atoms with Crippen LogP contribution in [-0.2, 0) is 26.6 Å². The standard InChI is InChI=1S/C18H21N7O2S/c1-9-10(2)23-24(4)18(27)14(9)17-20-11(3)15(28-17)16(26)19-8-13-22-21-12-6-5-7-25(12)13/h5-8H2,1-4H3,(H,19,26). The van der Waals surface area contributed by atoms with Gasteiger partial charge >= 0.3 is 0 Å². The number of carbonyl (C=O) groups is 1. The zero-order valence-corrected chi connectivity index (χ0v) is 17.1. The predicted octanol–water partition coefficient (Wildman–Crippen LogP) is 1.30. The molecule has 1 N–H and O–H groups in total. The highest BCUT2D eigenvalue weighted by Gasteiger charge is 2.22. The lowest BCUT2D eigenvalue weighted by molar-refractivity contribution is 0.0952. The van der Waals surface area contributed by atoms with Gasteiger partial charge in [0.05, 0.1) is 23.5 Å². The minimum absolute atomic E-state index is 0.220. The Kier molecular flexibility index (Phi) is 4.58. The van der Waals surface area contributed by atoms with E-state index in [0.29, 0.717) is 27.7 Å². The Hall–Kier alpha value is -2.88. The first-order valence-electron chi connectivity index (χ1n) is 9.08. The molecule has 0 fully saturated rings. The van der Waals surface area contributed by atoms with Crippen LogP contribution in [0.3, 0.4) is 0 Å². The van der Waals surface area contributed by atoms with Crippen LogP contribution in [0.5, 0.6) is 0 Å². The summed E-state index contributed by atoms with van der Waals surface area (Å²) in [7, 11) is 1.61. The van der Waals surface area contributed by atoms with Crippen molar-refractivity contribution in [3.63, 3.8) is 0 Å². The van der Waals surface area contributed by atoms with Gasteiger partial charge in [0.1, 0.15) is 15.7 Å². The van der Waals surface area contributed by atoms with Gasteiger partial charge in [-0.15, -0.1) is 21.5 Å². The van der Waals surface area contributed by atoms with Crippen molar-refractivity contribution in [2.24, 2.45) is 7.05 Å². The lowest BCUT2D eigenvalue weighted by Gasteiger charge is -2.07. The minimum Gasteiger partial charge on any atom is -0.344 e. The predicted molar refractivity (Wildman–Crippen MR) is 104 cm³/mol. The highest BCUT2D eigenvalue weighted by atomic mass is 32.1. The number of fused-ring (bicyclic) bond motifs is 1. The van der Waals surface area contributed by atoms with E-state index in [-0.39, 0.29) is 11.5 Å². The van der Waals surface area contributed by atoms with Crippen LogP contribution in [0.1, 0.15) is 44.7 Å². The Morgan fingerprint density at radius 1 is 1.21 bits per heavy atom. The molecule has 0 saturated heterocycles. The number of thiazole rings is 1. The highest BCUT2D eigenvalue weighted by Crippen LogP contribution is 2.28. The summed E-state index contributed by atoms with van der Waals surface area (Å²) in [6.45, 7) is 6.68. The molecule has 1 aliphatic heterocycles. The molecule has 0 atom stereocenters. The summed E-state index contributed by atoms with van der Waals surface area (Å²) in [6.07, 6.45) is 1.99. The first kappa shape index (κ1) is 18.5. The second kappa shape index (κ2) is 6.93. The molecule has 1 amide bonds. The van der Waals surface area contributed by atoms with E-state index < -0.39 is 0 Å². The largest absolute Gasteiger partial charge is 0.344 e. The second-order valence-electron chi connectivity index (χ2n) is 6.92. The van der Waals surface area contributed by atoms with Gasteiger partial charge in [-0.3, -0.25) is 9.59 Å². The summed E-state index contributed by atoms with van der Waals surface area (Å²) in [5.74, 6) is 1.51. The molecule has 10 heteroatoms. The van der Waals surface area contributed by atoms with Gasteiger partial charge < -0.3 is 9.88 Å². The van der Waals surface area contributed by atoms with E-state index in [0.717, 1.165) is 42.3 Å². The SMILES string of the molecule is Cc1nc(-c2c(C)c(C)nn(C)c2=O)sc1C(=O)NCc1nnc2n1CCC2. The summed E-state index contributed by atoms with van der Waals surface area (Å²) in [5, 5.41) is 15.9. The zero-order valence-electron chi connectivity index (χ0n) is 16.2. The quantitative estimate of drug-likeness (QED) is 0.708. The Morgan fingerprint density at radius 2 is 2.00 bits per heavy atom. The highest BCUT2D eigenvalue weighted by molar-refractivity contribution is 7.17. The average molecular weight is 399 g/mol. The van der Waals surface area contributed by atoms with Crippen molar-refractivity contribution < 1.29 is 4.79 Å². The van der Waals surface area contributed by atoms with E-state index in [9.17, 15) is 9.59 Å². The molecule has 0 spiro atoms. The van der Waals surface area contributed by atoms with Crippen molar-refractivity contribution in [2.45, 2.75) is 46.7 Å². The number of hydrogen-bond donors (Lipinski definition) is 1. The Balaban J connectivity index is 1.60. The molecule has 0 radical (unpaired) electrons. The monoisotopic (exact) mass is 399 g/mol. The second-order valence-corrected chi connectivity index (χ2v) is 7.92. The maximum Gasteiger partial charge on any atom is 0.277 e. The number of aryl methyl sites for hydroxylation is 4. The molecule has 9 nitrogen and oxygen atoms in total. The third kappa shape index (κ3) is 3.03. The molecule has 4 heterocycles. The number of hydrogen-bond acceptors (Lipinski definition) is 7. The summed E-state index contributed by atoms with van der Waals surface area (Å²) >= 11 is 1.22. The van der Waals surface area contributed by atoms with Crippen LogP contribution in [0, 0.1) is 20.8 Å². The van der Waals surface area contributed by atoms with E-state index in [1.54, 1.807) is 14.0 Å². The van der Waals surface area contributed by atoms with Crippen molar-refractivity contribution in [1.29, 1.82) is 0 Å². The van der Waals surface area contributed by atoms with Crippen LogP contribution in [-0.4, -0.2) is 35.4 Å². The van der Waals surface area contributed by atoms with Gasteiger partial charge in [0, 0.05) is 20.0 Å². The maximum absolute atomic E-state index is 12.7. The number of nitrogens with zero attached hydrogens (tertiary/aromatic N) is 6. The van der Waals surface area contributed by atoms with E-state index >= 15 is 0 Å². The Labute approximate surface area is 165 Å². The molecule has 28 heavy (non-hydrogen) atoms. The van der Waals surface area contributed by atoms with Gasteiger partial charge in [0.15, 0.2) is 5.82 Å². The van der Waals surface area contributed by atoms with Crippen LogP contribution in [0.15, 0.2) is 4.79 Å². The van der Waals surface area contributed by atoms with Crippen LogP contribution >= 0.6 is 11.3 Å². The lowest BCUT2D eigenvalue weighted by Crippen LogP contribution is -2.24. The molecule has 1 aliphatic rings. The van der Waals surface area contributed by atoms with Gasteiger partial charge in [0.2, 0.25) is 0 Å². The Morgan fingerprint density at radius 3 is 2.79 bits per heavy atom. The topological polar surface area (TPSA) is 108 Å². The molecular formula is C18H21N7O2S. The molecular weight excluding hydrogens is 378 g/mol. The number of carbonyl (C=O) groups excluding carboxylic acids is 1. The summed E-state index contributed by atoms with van der Waals surface area (Å²) in [6, 6.07) is 0. The minimum atomic E-state index is -0.225. The maximum atomic E-state index is 12.7. The lowest BCUT2D eigenvalue weighted by atomic mass is 10.1. The molecule has 0 saturated carbocycles. The smallest absolute Gasteiger partial charge is 0.277 e. The fourth-order valence-electron chi connectivity index (χ4n) is 3.40. The average Bonchev–Trinajstić information content (AvgIpc) is 3.35. The molecule has 0 aromatic carbocycles. The third-order valence-electron chi connectivity index (χ3n) is 5.04. The van der Waals surface area contributed by atoms with Gasteiger partial charge in [-0.1, -0.05) is 0 Å². The van der Waals surface area contributed by atoms with Gasteiger partial charge in [-0.05, 0) is 32.8 Å². The number of nitrogens with one attached hydrogen (secondary N) is 1. The number of aromatic nitrogens is 6. The summed E-state index contributed by atoms with van der Waals surface area (Å²) < 4.78 is 3.36. The molecule has 3 aromatic heterocycles. The molecule has 3 aromatic rings. The zero-order chi connectivity index (χ0) is 20.0. The first-order valence-corrected chi connectivity index (χ1v) is 9.90. The van der Waals surface area contributed by atoms with E-state index in [4.69, 9.17) is 0 Å².